The molecule has 6 rings (SSSR count). The van der Waals surface area contributed by atoms with E-state index in [1.807, 2.05) is 31.2 Å². The number of carbonyl (C=O) groups is 3. The molecule has 0 spiro atoms. The number of nitrogens with one attached hydrogen (secondary N) is 3. The van der Waals surface area contributed by atoms with E-state index in [9.17, 15) is 24.0 Å². The van der Waals surface area contributed by atoms with Gasteiger partial charge < -0.3 is 16.0 Å². The largest absolute Gasteiger partial charge is 0.321 e. The monoisotopic (exact) mass is 729 g/mol. The first-order chi connectivity index (χ1) is 25.3. The highest BCUT2D eigenvalue weighted by Gasteiger charge is 2.27. The van der Waals surface area contributed by atoms with Gasteiger partial charge in [-0.3, -0.25) is 19.3 Å². The van der Waals surface area contributed by atoms with Crippen LogP contribution in [0.15, 0.2) is 120 Å². The summed E-state index contributed by atoms with van der Waals surface area (Å²) in [6, 6.07) is 33.8. The zero-order chi connectivity index (χ0) is 36.5. The van der Waals surface area contributed by atoms with Crippen molar-refractivity contribution in [3.8, 4) is 6.07 Å². The molecule has 3 N–H and O–H groups in total. The lowest BCUT2D eigenvalue weighted by Crippen LogP contribution is -2.30. The van der Waals surface area contributed by atoms with Gasteiger partial charge in [-0.05, 0) is 78.1 Å². The van der Waals surface area contributed by atoms with E-state index in [2.05, 4.69) is 39.1 Å². The van der Waals surface area contributed by atoms with Gasteiger partial charge in [0.2, 0.25) is 5.91 Å². The Hall–Kier alpha value is -5.54. The number of halogens is 1. The van der Waals surface area contributed by atoms with Crippen molar-refractivity contribution in [3.63, 3.8) is 0 Å². The summed E-state index contributed by atoms with van der Waals surface area (Å²) >= 11 is 2.83. The standard InChI is InChI=1S/C41H36FN5O3S2/c1-2-36(40(50)46-41-34(24-43)33-20-21-47(26-37(33)52-41)25-28-10-5-3-6-11-28)51-32-15-9-14-31(23-32)44-39(49)35(22-27-16-18-30(42)19-17-27)45-38(48)29-12-7-4-8-13-29/h3-19,22-23,36H,2,20-21,25-26H2,1H3,(H,44,49)(H,45,48)(H,46,50)/b35-22-. The lowest BCUT2D eigenvalue weighted by Gasteiger charge is -2.26. The normalized spacial score (nSPS) is 13.4. The fourth-order valence-electron chi connectivity index (χ4n) is 5.83. The van der Waals surface area contributed by atoms with Crippen LogP contribution >= 0.6 is 23.1 Å². The predicted octanol–water partition coefficient (Wildman–Crippen LogP) is 8.24. The molecular weight excluding hydrogens is 694 g/mol. The molecule has 1 aromatic heterocycles. The van der Waals surface area contributed by atoms with Gasteiger partial charge in [-0.25, -0.2) is 4.39 Å². The highest BCUT2D eigenvalue weighted by atomic mass is 32.2. The molecule has 0 radical (unpaired) electrons. The summed E-state index contributed by atoms with van der Waals surface area (Å²) in [6.07, 6.45) is 2.75. The van der Waals surface area contributed by atoms with Gasteiger partial charge in [0, 0.05) is 40.7 Å². The third-order valence-electron chi connectivity index (χ3n) is 8.48. The summed E-state index contributed by atoms with van der Waals surface area (Å²) in [7, 11) is 0. The summed E-state index contributed by atoms with van der Waals surface area (Å²) in [4.78, 5) is 44.4. The number of nitrogens with zero attached hydrogens (tertiary/aromatic N) is 2. The topological polar surface area (TPSA) is 114 Å². The molecule has 0 saturated carbocycles. The molecule has 4 aromatic carbocycles. The number of benzene rings is 4. The summed E-state index contributed by atoms with van der Waals surface area (Å²) in [5.41, 5.74) is 4.13. The Balaban J connectivity index is 1.13. The molecule has 8 nitrogen and oxygen atoms in total. The number of nitriles is 1. The van der Waals surface area contributed by atoms with Gasteiger partial charge in [-0.15, -0.1) is 23.1 Å². The van der Waals surface area contributed by atoms with Gasteiger partial charge in [0.15, 0.2) is 0 Å². The van der Waals surface area contributed by atoms with Crippen LogP contribution in [0.3, 0.4) is 0 Å². The first-order valence-electron chi connectivity index (χ1n) is 16.8. The summed E-state index contributed by atoms with van der Waals surface area (Å²) in [5.74, 6) is -1.67. The number of thiophene rings is 1. The minimum atomic E-state index is -0.575. The number of thioether (sulfide) groups is 1. The lowest BCUT2D eigenvalue weighted by atomic mass is 10.0. The molecule has 1 aliphatic rings. The van der Waals surface area contributed by atoms with Gasteiger partial charge in [-0.2, -0.15) is 5.26 Å². The van der Waals surface area contributed by atoms with E-state index >= 15 is 0 Å². The van der Waals surface area contributed by atoms with E-state index in [0.29, 0.717) is 33.8 Å². The van der Waals surface area contributed by atoms with Crippen LogP contribution in [0, 0.1) is 17.1 Å². The minimum absolute atomic E-state index is 0.0283. The highest BCUT2D eigenvalue weighted by Crippen LogP contribution is 2.38. The van der Waals surface area contributed by atoms with Crippen molar-refractivity contribution in [2.75, 3.05) is 17.2 Å². The van der Waals surface area contributed by atoms with E-state index in [4.69, 9.17) is 0 Å². The minimum Gasteiger partial charge on any atom is -0.321 e. The number of hydrogen-bond acceptors (Lipinski definition) is 7. The smallest absolute Gasteiger partial charge is 0.272 e. The fourth-order valence-corrected chi connectivity index (χ4v) is 8.09. The van der Waals surface area contributed by atoms with E-state index in [1.54, 1.807) is 48.5 Å². The quantitative estimate of drug-likeness (QED) is 0.0881. The van der Waals surface area contributed by atoms with Crippen LogP contribution in [0.25, 0.3) is 6.08 Å². The highest BCUT2D eigenvalue weighted by molar-refractivity contribution is 8.00. The average molecular weight is 730 g/mol. The van der Waals surface area contributed by atoms with Crippen LogP contribution in [0.2, 0.25) is 0 Å². The molecule has 1 unspecified atom stereocenters. The van der Waals surface area contributed by atoms with Gasteiger partial charge in [0.1, 0.15) is 22.6 Å². The summed E-state index contributed by atoms with van der Waals surface area (Å²) < 4.78 is 13.6. The Morgan fingerprint density at radius 3 is 2.40 bits per heavy atom. The van der Waals surface area contributed by atoms with Crippen molar-refractivity contribution in [1.82, 2.24) is 10.2 Å². The van der Waals surface area contributed by atoms with E-state index in [1.165, 1.54) is 59.0 Å². The van der Waals surface area contributed by atoms with Crippen LogP contribution in [0.1, 0.15) is 50.8 Å². The first kappa shape index (κ1) is 36.3. The Bertz CT molecular complexity index is 2130. The lowest BCUT2D eigenvalue weighted by molar-refractivity contribution is -0.116. The molecule has 2 heterocycles. The number of anilines is 2. The Morgan fingerprint density at radius 2 is 1.69 bits per heavy atom. The second-order valence-corrected chi connectivity index (χ2v) is 14.6. The van der Waals surface area contributed by atoms with Crippen LogP contribution in [0.5, 0.6) is 0 Å². The van der Waals surface area contributed by atoms with E-state index in [-0.39, 0.29) is 11.6 Å². The van der Waals surface area contributed by atoms with Crippen molar-refractivity contribution in [2.45, 2.75) is 43.0 Å². The maximum Gasteiger partial charge on any atom is 0.272 e. The zero-order valence-corrected chi connectivity index (χ0v) is 30.0. The van der Waals surface area contributed by atoms with Crippen molar-refractivity contribution in [1.29, 1.82) is 5.26 Å². The van der Waals surface area contributed by atoms with E-state index in [0.717, 1.165) is 41.4 Å². The van der Waals surface area contributed by atoms with Crippen LogP contribution in [-0.4, -0.2) is 34.4 Å². The van der Waals surface area contributed by atoms with Crippen LogP contribution < -0.4 is 16.0 Å². The predicted molar refractivity (Wildman–Crippen MR) is 205 cm³/mol. The molecule has 3 amide bonds. The zero-order valence-electron chi connectivity index (χ0n) is 28.4. The maximum atomic E-state index is 13.6. The fraction of sp³-hybridized carbons (Fsp3) is 0.171. The van der Waals surface area contributed by atoms with Crippen molar-refractivity contribution < 1.29 is 18.8 Å². The first-order valence-corrected chi connectivity index (χ1v) is 18.5. The molecular formula is C41H36FN5O3S2. The van der Waals surface area contributed by atoms with Gasteiger partial charge >= 0.3 is 0 Å². The van der Waals surface area contributed by atoms with Crippen LogP contribution in [-0.2, 0) is 29.1 Å². The Morgan fingerprint density at radius 1 is 0.962 bits per heavy atom. The number of fused-ring (bicyclic) bond motifs is 1. The average Bonchev–Trinajstić information content (AvgIpc) is 3.51. The number of hydrogen-bond donors (Lipinski definition) is 3. The molecule has 52 heavy (non-hydrogen) atoms. The molecule has 0 saturated heterocycles. The summed E-state index contributed by atoms with van der Waals surface area (Å²) in [6.45, 7) is 4.31. The number of amides is 3. The number of carbonyl (C=O) groups excluding carboxylic acids is 3. The van der Waals surface area contributed by atoms with Gasteiger partial charge in [0.25, 0.3) is 11.8 Å². The van der Waals surface area contributed by atoms with Crippen LogP contribution in [0.4, 0.5) is 15.1 Å². The second-order valence-electron chi connectivity index (χ2n) is 12.2. The molecule has 0 aliphatic carbocycles. The van der Waals surface area contributed by atoms with Gasteiger partial charge in [-0.1, -0.05) is 73.7 Å². The number of rotatable bonds is 12. The molecule has 0 fully saturated rings. The van der Waals surface area contributed by atoms with Crippen molar-refractivity contribution in [2.24, 2.45) is 0 Å². The molecule has 5 aromatic rings. The Labute approximate surface area is 310 Å². The molecule has 0 bridgehead atoms. The third kappa shape index (κ3) is 9.22. The summed E-state index contributed by atoms with van der Waals surface area (Å²) in [5, 5.41) is 18.8. The molecule has 11 heteroatoms. The molecule has 1 aliphatic heterocycles. The SMILES string of the molecule is CCC(Sc1cccc(NC(=O)/C(=C/c2ccc(F)cc2)NC(=O)c2ccccc2)c1)C(=O)Nc1sc2c(c1C#N)CCN(Cc1ccccc1)C2. The Kier molecular flexibility index (Phi) is 11.9. The van der Waals surface area contributed by atoms with Crippen molar-refractivity contribution >= 4 is 57.6 Å². The molecule has 1 atom stereocenters. The van der Waals surface area contributed by atoms with E-state index < -0.39 is 22.9 Å². The maximum absolute atomic E-state index is 13.6. The third-order valence-corrected chi connectivity index (χ3v) is 11.0. The van der Waals surface area contributed by atoms with Crippen molar-refractivity contribution in [3.05, 3.63) is 153 Å². The van der Waals surface area contributed by atoms with Gasteiger partial charge in [0.05, 0.1) is 10.8 Å². The second kappa shape index (κ2) is 17.1. The molecule has 262 valence electrons.